The zero-order chi connectivity index (χ0) is 22.0. The molecule has 1 unspecified atom stereocenters. The number of anilines is 1. The predicted molar refractivity (Wildman–Crippen MR) is 133 cm³/mol. The number of imide groups is 1. The van der Waals surface area contributed by atoms with Crippen LogP contribution in [0.3, 0.4) is 0 Å². The lowest BCUT2D eigenvalue weighted by Gasteiger charge is -2.36. The average Bonchev–Trinajstić information content (AvgIpc) is 3.06. The fraction of sp³-hybridized carbons (Fsp3) is 0.462. The highest BCUT2D eigenvalue weighted by molar-refractivity contribution is 6.07. The second kappa shape index (κ2) is 10.1. The third-order valence-corrected chi connectivity index (χ3v) is 7.28. The Labute approximate surface area is 202 Å². The lowest BCUT2D eigenvalue weighted by Crippen LogP contribution is -2.51. The minimum absolute atomic E-state index is 0. The van der Waals surface area contributed by atoms with Gasteiger partial charge in [0.2, 0.25) is 0 Å². The Balaban J connectivity index is 0.00000259. The van der Waals surface area contributed by atoms with Crippen LogP contribution in [0.15, 0.2) is 54.6 Å². The quantitative estimate of drug-likeness (QED) is 0.521. The van der Waals surface area contributed by atoms with Gasteiger partial charge in [-0.15, -0.1) is 12.4 Å². The van der Waals surface area contributed by atoms with Gasteiger partial charge in [0.15, 0.2) is 0 Å². The van der Waals surface area contributed by atoms with Crippen molar-refractivity contribution >= 4 is 30.0 Å². The van der Waals surface area contributed by atoms with E-state index in [1.165, 1.54) is 21.7 Å². The molecule has 2 heterocycles. The zero-order valence-corrected chi connectivity index (χ0v) is 19.9. The fourth-order valence-corrected chi connectivity index (χ4v) is 5.38. The number of unbranched alkanes of at least 4 members (excludes halogenated alkanes) is 1. The molecule has 33 heavy (non-hydrogen) atoms. The van der Waals surface area contributed by atoms with E-state index >= 15 is 0 Å². The van der Waals surface area contributed by atoms with E-state index < -0.39 is 5.54 Å². The highest BCUT2D eigenvalue weighted by Gasteiger charge is 2.51. The molecule has 0 bridgehead atoms. The van der Waals surface area contributed by atoms with Crippen LogP contribution >= 0.6 is 12.4 Å². The number of amides is 3. The van der Waals surface area contributed by atoms with Crippen molar-refractivity contribution in [1.82, 2.24) is 15.1 Å². The number of carbonyl (C=O) groups is 2. The van der Waals surface area contributed by atoms with Gasteiger partial charge in [-0.05, 0) is 55.5 Å². The molecule has 2 fully saturated rings. The molecule has 7 heteroatoms. The van der Waals surface area contributed by atoms with Gasteiger partial charge in [0.05, 0.1) is 0 Å². The number of fused-ring (bicyclic) bond motifs is 1. The minimum atomic E-state index is -0.737. The van der Waals surface area contributed by atoms with E-state index in [2.05, 4.69) is 57.6 Å². The Hall–Kier alpha value is -2.57. The summed E-state index contributed by atoms with van der Waals surface area (Å²) >= 11 is 0. The number of nitrogens with one attached hydrogen (secondary N) is 1. The maximum atomic E-state index is 13.2. The van der Waals surface area contributed by atoms with E-state index in [1.54, 1.807) is 0 Å². The van der Waals surface area contributed by atoms with Crippen LogP contribution in [0, 0.1) is 0 Å². The third kappa shape index (κ3) is 4.87. The number of benzene rings is 2. The molecular formula is C26H33ClN4O2. The highest BCUT2D eigenvalue weighted by atomic mass is 35.5. The van der Waals surface area contributed by atoms with Crippen molar-refractivity contribution in [2.24, 2.45) is 0 Å². The molecule has 176 valence electrons. The van der Waals surface area contributed by atoms with Gasteiger partial charge in [0.25, 0.3) is 5.91 Å². The summed E-state index contributed by atoms with van der Waals surface area (Å²) in [6.45, 7) is 5.73. The highest BCUT2D eigenvalue weighted by Crippen LogP contribution is 2.33. The molecule has 0 aromatic heterocycles. The van der Waals surface area contributed by atoms with Crippen LogP contribution in [0.1, 0.15) is 30.4 Å². The molecule has 2 aromatic carbocycles. The van der Waals surface area contributed by atoms with E-state index in [0.29, 0.717) is 19.4 Å². The van der Waals surface area contributed by atoms with Crippen LogP contribution < -0.4 is 10.2 Å². The summed E-state index contributed by atoms with van der Waals surface area (Å²) in [5.74, 6) is -0.0338. The number of hydrogen-bond acceptors (Lipinski definition) is 4. The summed E-state index contributed by atoms with van der Waals surface area (Å²) in [6.07, 6.45) is 3.99. The molecule has 5 rings (SSSR count). The second-order valence-electron chi connectivity index (χ2n) is 9.29. The molecule has 0 saturated carbocycles. The molecule has 3 amide bonds. The smallest absolute Gasteiger partial charge is 0.325 e. The second-order valence-corrected chi connectivity index (χ2v) is 9.29. The minimum Gasteiger partial charge on any atom is -0.369 e. The molecule has 1 atom stereocenters. The lowest BCUT2D eigenvalue weighted by molar-refractivity contribution is -0.131. The number of para-hydroxylation sites is 1. The molecule has 2 aliphatic heterocycles. The zero-order valence-electron chi connectivity index (χ0n) is 19.0. The first-order valence-electron chi connectivity index (χ1n) is 11.9. The SMILES string of the molecule is Cl.O=C1NC2(CCc3ccccc3C2)C(=O)N1CCCCN1CCN(c2ccccc2)CC1. The van der Waals surface area contributed by atoms with Gasteiger partial charge in [-0.25, -0.2) is 4.79 Å². The summed E-state index contributed by atoms with van der Waals surface area (Å²) in [5, 5.41) is 3.04. The summed E-state index contributed by atoms with van der Waals surface area (Å²) in [4.78, 5) is 32.2. The maximum Gasteiger partial charge on any atom is 0.325 e. The molecule has 0 radical (unpaired) electrons. The van der Waals surface area contributed by atoms with Crippen molar-refractivity contribution in [3.63, 3.8) is 0 Å². The number of piperazine rings is 1. The van der Waals surface area contributed by atoms with E-state index in [9.17, 15) is 9.59 Å². The first-order chi connectivity index (χ1) is 15.6. The van der Waals surface area contributed by atoms with Gasteiger partial charge in [-0.1, -0.05) is 42.5 Å². The fourth-order valence-electron chi connectivity index (χ4n) is 5.38. The molecule has 1 spiro atoms. The molecule has 2 aromatic rings. The summed E-state index contributed by atoms with van der Waals surface area (Å²) in [5.41, 5.74) is 3.04. The van der Waals surface area contributed by atoms with Gasteiger partial charge >= 0.3 is 6.03 Å². The van der Waals surface area contributed by atoms with Crippen molar-refractivity contribution in [2.75, 3.05) is 44.2 Å². The van der Waals surface area contributed by atoms with Crippen LogP contribution in [0.2, 0.25) is 0 Å². The molecular weight excluding hydrogens is 436 g/mol. The van der Waals surface area contributed by atoms with Crippen LogP contribution in [0.4, 0.5) is 10.5 Å². The Morgan fingerprint density at radius 3 is 2.24 bits per heavy atom. The Morgan fingerprint density at radius 1 is 0.818 bits per heavy atom. The van der Waals surface area contributed by atoms with Crippen LogP contribution in [0.5, 0.6) is 0 Å². The van der Waals surface area contributed by atoms with Crippen LogP contribution in [0.25, 0.3) is 0 Å². The number of aryl methyl sites for hydroxylation is 1. The summed E-state index contributed by atoms with van der Waals surface area (Å²) in [7, 11) is 0. The van der Waals surface area contributed by atoms with Gasteiger partial charge in [-0.2, -0.15) is 0 Å². The number of hydrogen-bond donors (Lipinski definition) is 1. The third-order valence-electron chi connectivity index (χ3n) is 7.28. The van der Waals surface area contributed by atoms with E-state index in [4.69, 9.17) is 0 Å². The van der Waals surface area contributed by atoms with Crippen LogP contribution in [-0.4, -0.2) is 66.5 Å². The van der Waals surface area contributed by atoms with Crippen molar-refractivity contribution in [2.45, 2.75) is 37.6 Å². The van der Waals surface area contributed by atoms with Gasteiger partial charge in [-0.3, -0.25) is 14.6 Å². The number of carbonyl (C=O) groups excluding carboxylic acids is 2. The lowest BCUT2D eigenvalue weighted by atomic mass is 9.78. The number of urea groups is 1. The largest absolute Gasteiger partial charge is 0.369 e. The van der Waals surface area contributed by atoms with Gasteiger partial charge in [0, 0.05) is 44.8 Å². The van der Waals surface area contributed by atoms with E-state index in [-0.39, 0.29) is 24.3 Å². The van der Waals surface area contributed by atoms with Crippen molar-refractivity contribution in [3.05, 3.63) is 65.7 Å². The van der Waals surface area contributed by atoms with Crippen molar-refractivity contribution < 1.29 is 9.59 Å². The first-order valence-corrected chi connectivity index (χ1v) is 11.9. The first kappa shape index (κ1) is 23.6. The van der Waals surface area contributed by atoms with Gasteiger partial charge < -0.3 is 10.2 Å². The topological polar surface area (TPSA) is 55.9 Å². The monoisotopic (exact) mass is 468 g/mol. The Bertz CT molecular complexity index is 977. The molecule has 1 N–H and O–H groups in total. The van der Waals surface area contributed by atoms with Crippen molar-refractivity contribution in [3.8, 4) is 0 Å². The van der Waals surface area contributed by atoms with E-state index in [0.717, 1.165) is 52.0 Å². The normalized spacial score (nSPS) is 22.8. The summed E-state index contributed by atoms with van der Waals surface area (Å²) < 4.78 is 0. The molecule has 3 aliphatic rings. The molecule has 1 aliphatic carbocycles. The van der Waals surface area contributed by atoms with E-state index in [1.807, 2.05) is 12.1 Å². The standard InChI is InChI=1S/C26H32N4O2.ClH/c31-24-26(13-12-21-8-4-5-9-22(21)20-26)27-25(32)30(24)15-7-6-14-28-16-18-29(19-17-28)23-10-2-1-3-11-23;/h1-5,8-11H,6-7,12-20H2,(H,27,32);1H. The maximum absolute atomic E-state index is 13.2. The van der Waals surface area contributed by atoms with Crippen molar-refractivity contribution in [1.29, 1.82) is 0 Å². The number of rotatable bonds is 6. The number of nitrogens with zero attached hydrogens (tertiary/aromatic N) is 3. The predicted octanol–water partition coefficient (Wildman–Crippen LogP) is 3.49. The van der Waals surface area contributed by atoms with Crippen LogP contribution in [-0.2, 0) is 17.6 Å². The molecule has 2 saturated heterocycles. The number of halogens is 1. The Morgan fingerprint density at radius 2 is 1.48 bits per heavy atom. The molecule has 6 nitrogen and oxygen atoms in total. The van der Waals surface area contributed by atoms with Gasteiger partial charge in [0.1, 0.15) is 5.54 Å². The average molecular weight is 469 g/mol. The summed E-state index contributed by atoms with van der Waals surface area (Å²) in [6, 6.07) is 18.6. The Kier molecular flexibility index (Phi) is 7.25.